The Morgan fingerprint density at radius 1 is 1.00 bits per heavy atom. The highest BCUT2D eigenvalue weighted by Gasteiger charge is 2.26. The standard InChI is InChI=1S/C36H53N3O7S2/c1-3-4-5-6-7-8-9-10-11-15-23-39(2,24-16-25-47-46-45-43)27-32(40)37-28-17-18-29-30(26-28)44-36(35(42)34(29)41)31-19-20-33(48-31)38-21-13-12-14-22-38/h17-20,26H,3-16,21-25,27H2,1-2H3,(H2-,37,40,42,43). The molecule has 10 nitrogen and oxygen atoms in total. The quantitative estimate of drug-likeness (QED) is 0.0355. The van der Waals surface area contributed by atoms with Crippen molar-refractivity contribution < 1.29 is 33.4 Å². The second-order valence-electron chi connectivity index (χ2n) is 13.3. The van der Waals surface area contributed by atoms with Gasteiger partial charge in [-0.25, -0.2) is 0 Å². The Hall–Kier alpha value is -2.61. The molecule has 1 aliphatic heterocycles. The maximum absolute atomic E-state index is 13.4. The van der Waals surface area contributed by atoms with E-state index >= 15 is 0 Å². The zero-order chi connectivity index (χ0) is 34.2. The van der Waals surface area contributed by atoms with Gasteiger partial charge in [0.05, 0.1) is 35.4 Å². The summed E-state index contributed by atoms with van der Waals surface area (Å²) in [6, 6.07) is 8.80. The van der Waals surface area contributed by atoms with Crippen molar-refractivity contribution in [2.45, 2.75) is 96.8 Å². The first kappa shape index (κ1) is 38.2. The highest BCUT2D eigenvalue weighted by molar-refractivity contribution is 7.94. The van der Waals surface area contributed by atoms with Gasteiger partial charge < -0.3 is 29.5 Å². The van der Waals surface area contributed by atoms with Crippen LogP contribution in [0.3, 0.4) is 0 Å². The molecule has 0 saturated carbocycles. The minimum atomic E-state index is -0.498. The van der Waals surface area contributed by atoms with Gasteiger partial charge in [0.1, 0.15) is 5.58 Å². The first-order chi connectivity index (χ1) is 23.3. The van der Waals surface area contributed by atoms with E-state index in [1.165, 1.54) is 69.1 Å². The fraction of sp³-hybridized carbons (Fsp3) is 0.611. The van der Waals surface area contributed by atoms with Crippen LogP contribution in [0.15, 0.2) is 39.5 Å². The highest BCUT2D eigenvalue weighted by atomic mass is 32.2. The van der Waals surface area contributed by atoms with Crippen LogP contribution in [0.25, 0.3) is 21.6 Å². The normalized spacial score (nSPS) is 14.8. The van der Waals surface area contributed by atoms with E-state index in [1.54, 1.807) is 18.2 Å². The van der Waals surface area contributed by atoms with Gasteiger partial charge in [0, 0.05) is 49.1 Å². The Bertz CT molecular complexity index is 1470. The number of piperidine rings is 1. The molecule has 4 rings (SSSR count). The lowest BCUT2D eigenvalue weighted by molar-refractivity contribution is -0.902. The van der Waals surface area contributed by atoms with Gasteiger partial charge in [-0.15, -0.1) is 11.3 Å². The Labute approximate surface area is 293 Å². The summed E-state index contributed by atoms with van der Waals surface area (Å²) >= 11 is 2.47. The van der Waals surface area contributed by atoms with Crippen LogP contribution in [0.4, 0.5) is 10.7 Å². The predicted octanol–water partition coefficient (Wildman–Crippen LogP) is 7.79. The Morgan fingerprint density at radius 3 is 2.40 bits per heavy atom. The largest absolute Gasteiger partial charge is 0.691 e. The maximum atomic E-state index is 13.4. The van der Waals surface area contributed by atoms with Gasteiger partial charge in [-0.3, -0.25) is 14.6 Å². The van der Waals surface area contributed by atoms with Gasteiger partial charge in [-0.1, -0.05) is 58.3 Å². The Morgan fingerprint density at radius 2 is 1.69 bits per heavy atom. The van der Waals surface area contributed by atoms with Gasteiger partial charge in [-0.2, -0.15) is 4.33 Å². The molecule has 2 N–H and O–H groups in total. The zero-order valence-electron chi connectivity index (χ0n) is 28.6. The van der Waals surface area contributed by atoms with Crippen LogP contribution in [-0.4, -0.2) is 61.0 Å². The van der Waals surface area contributed by atoms with E-state index in [0.29, 0.717) is 26.4 Å². The van der Waals surface area contributed by atoms with Gasteiger partial charge >= 0.3 is 0 Å². The predicted molar refractivity (Wildman–Crippen MR) is 194 cm³/mol. The Kier molecular flexibility index (Phi) is 16.0. The molecule has 1 aromatic carbocycles. The molecule has 1 fully saturated rings. The molecule has 0 aliphatic carbocycles. The average Bonchev–Trinajstić information content (AvgIpc) is 3.58. The molecule has 266 valence electrons. The van der Waals surface area contributed by atoms with Crippen molar-refractivity contribution in [1.82, 2.24) is 0 Å². The molecule has 0 radical (unpaired) electrons. The number of aromatic hydroxyl groups is 1. The van der Waals surface area contributed by atoms with E-state index in [4.69, 9.17) is 4.42 Å². The second kappa shape index (κ2) is 20.2. The SMILES string of the molecule is CCCCCCCCCCCC[N+](C)(CCCSOO[O-])CC(=O)Nc1ccc2c(=O)c(O)c(-c3ccc(N4CCCCC4)s3)oc2c1. The van der Waals surface area contributed by atoms with E-state index in [1.807, 2.05) is 12.1 Å². The van der Waals surface area contributed by atoms with Crippen LogP contribution < -0.4 is 20.9 Å². The molecule has 1 aliphatic rings. The number of fused-ring (bicyclic) bond motifs is 1. The number of unbranched alkanes of at least 4 members (excludes halogenated alkanes) is 9. The van der Waals surface area contributed by atoms with Crippen LogP contribution >= 0.6 is 23.4 Å². The van der Waals surface area contributed by atoms with Crippen LogP contribution in [0.1, 0.15) is 96.8 Å². The fourth-order valence-corrected chi connectivity index (χ4v) is 7.91. The number of rotatable bonds is 22. The van der Waals surface area contributed by atoms with Crippen molar-refractivity contribution in [3.05, 3.63) is 40.6 Å². The molecule has 2 aromatic heterocycles. The second-order valence-corrected chi connectivity index (χ2v) is 15.1. The van der Waals surface area contributed by atoms with Gasteiger partial charge in [0.15, 0.2) is 12.3 Å². The van der Waals surface area contributed by atoms with Crippen LogP contribution in [0.5, 0.6) is 5.75 Å². The van der Waals surface area contributed by atoms with Crippen molar-refractivity contribution in [2.24, 2.45) is 0 Å². The number of benzene rings is 1. The molecular weight excluding hydrogens is 651 g/mol. The zero-order valence-corrected chi connectivity index (χ0v) is 30.3. The first-order valence-electron chi connectivity index (χ1n) is 17.7. The summed E-state index contributed by atoms with van der Waals surface area (Å²) in [7, 11) is 2.09. The summed E-state index contributed by atoms with van der Waals surface area (Å²) in [5.41, 5.74) is 0.329. The number of quaternary nitrogens is 1. The number of thiophene rings is 1. The minimum Gasteiger partial charge on any atom is -0.691 e. The molecule has 1 amide bonds. The molecule has 12 heteroatoms. The lowest BCUT2D eigenvalue weighted by atomic mass is 10.1. The van der Waals surface area contributed by atoms with Crippen molar-refractivity contribution in [1.29, 1.82) is 0 Å². The van der Waals surface area contributed by atoms with Gasteiger partial charge in [0.2, 0.25) is 11.2 Å². The van der Waals surface area contributed by atoms with Crippen molar-refractivity contribution in [3.8, 4) is 16.4 Å². The summed E-state index contributed by atoms with van der Waals surface area (Å²) in [5, 5.41) is 28.7. The molecule has 1 unspecified atom stereocenters. The topological polar surface area (TPSA) is 124 Å². The third-order valence-electron chi connectivity index (χ3n) is 9.21. The van der Waals surface area contributed by atoms with E-state index in [9.17, 15) is 20.0 Å². The van der Waals surface area contributed by atoms with Gasteiger partial charge in [0.25, 0.3) is 5.91 Å². The number of amides is 1. The first-order valence-corrected chi connectivity index (χ1v) is 19.4. The molecule has 48 heavy (non-hydrogen) atoms. The Balaban J connectivity index is 1.38. The van der Waals surface area contributed by atoms with E-state index in [0.717, 1.165) is 75.3 Å². The van der Waals surface area contributed by atoms with Crippen LogP contribution in [0.2, 0.25) is 0 Å². The fourth-order valence-electron chi connectivity index (χ4n) is 6.52. The number of carbonyl (C=O) groups is 1. The number of nitrogens with one attached hydrogen (secondary N) is 1. The number of hydrogen-bond donors (Lipinski definition) is 2. The molecule has 3 heterocycles. The molecule has 1 saturated heterocycles. The van der Waals surface area contributed by atoms with E-state index in [-0.39, 0.29) is 23.6 Å². The number of nitrogens with zero attached hydrogens (tertiary/aromatic N) is 2. The summed E-state index contributed by atoms with van der Waals surface area (Å²) in [6.07, 6.45) is 16.8. The monoisotopic (exact) mass is 703 g/mol. The van der Waals surface area contributed by atoms with Crippen molar-refractivity contribution in [3.63, 3.8) is 0 Å². The lowest BCUT2D eigenvalue weighted by Gasteiger charge is -2.34. The summed E-state index contributed by atoms with van der Waals surface area (Å²) in [5.74, 6) is 0.186. The lowest BCUT2D eigenvalue weighted by Crippen LogP contribution is -2.50. The molecular formula is C36H53N3O7S2. The number of carbonyl (C=O) groups excluding carboxylic acids is 1. The van der Waals surface area contributed by atoms with Crippen molar-refractivity contribution >= 4 is 50.9 Å². The number of anilines is 2. The average molecular weight is 704 g/mol. The highest BCUT2D eigenvalue weighted by Crippen LogP contribution is 2.39. The van der Waals surface area contributed by atoms with Crippen LogP contribution in [-0.2, 0) is 14.2 Å². The number of likely N-dealkylation sites (N-methyl/N-ethyl adjacent to an activating group) is 1. The summed E-state index contributed by atoms with van der Waals surface area (Å²) < 4.78 is 11.1. The molecule has 0 spiro atoms. The third kappa shape index (κ3) is 11.8. The molecule has 3 aromatic rings. The van der Waals surface area contributed by atoms with E-state index in [2.05, 4.69) is 33.6 Å². The van der Waals surface area contributed by atoms with E-state index < -0.39 is 11.2 Å². The summed E-state index contributed by atoms with van der Waals surface area (Å²) in [6.45, 7) is 6.12. The van der Waals surface area contributed by atoms with Gasteiger partial charge in [-0.05, 0) is 56.4 Å². The maximum Gasteiger partial charge on any atom is 0.279 e. The number of hydrogen-bond acceptors (Lipinski definition) is 10. The summed E-state index contributed by atoms with van der Waals surface area (Å²) in [4.78, 5) is 29.5. The minimum absolute atomic E-state index is 0.137. The van der Waals surface area contributed by atoms with Crippen molar-refractivity contribution in [2.75, 3.05) is 55.7 Å². The third-order valence-corrected chi connectivity index (χ3v) is 11.0. The molecule has 0 bridgehead atoms. The smallest absolute Gasteiger partial charge is 0.279 e. The molecule has 1 atom stereocenters. The van der Waals surface area contributed by atoms with Crippen LogP contribution in [0, 0.1) is 0 Å².